The number of furan rings is 1. The first kappa shape index (κ1) is 24.7. The molecule has 182 valence electrons. The number of rotatable bonds is 9. The van der Waals surface area contributed by atoms with E-state index in [4.69, 9.17) is 30.5 Å². The van der Waals surface area contributed by atoms with Gasteiger partial charge >= 0.3 is 0 Å². The smallest absolute Gasteiger partial charge is 0.262 e. The van der Waals surface area contributed by atoms with Crippen LogP contribution in [0.5, 0.6) is 11.5 Å². The molecule has 0 fully saturated rings. The van der Waals surface area contributed by atoms with Gasteiger partial charge in [0.25, 0.3) is 5.56 Å². The van der Waals surface area contributed by atoms with E-state index in [-0.39, 0.29) is 18.0 Å². The van der Waals surface area contributed by atoms with Gasteiger partial charge in [0.05, 0.1) is 43.2 Å². The zero-order valence-corrected chi connectivity index (χ0v) is 21.0. The Hall–Kier alpha value is -3.43. The molecule has 0 radical (unpaired) electrons. The summed E-state index contributed by atoms with van der Waals surface area (Å²) >= 11 is 7.26. The summed E-state index contributed by atoms with van der Waals surface area (Å²) in [5.74, 6) is 1.26. The molecule has 0 aliphatic carbocycles. The highest BCUT2D eigenvalue weighted by Crippen LogP contribution is 2.32. The maximum absolute atomic E-state index is 13.6. The normalized spacial score (nSPS) is 11.9. The number of anilines is 1. The van der Waals surface area contributed by atoms with Crippen molar-refractivity contribution in [2.75, 3.05) is 19.5 Å². The van der Waals surface area contributed by atoms with Crippen molar-refractivity contribution in [3.8, 4) is 11.5 Å². The topological polar surface area (TPSA) is 95.6 Å². The van der Waals surface area contributed by atoms with E-state index in [1.165, 1.54) is 30.5 Å². The highest BCUT2D eigenvalue weighted by Gasteiger charge is 2.23. The summed E-state index contributed by atoms with van der Waals surface area (Å²) in [6.45, 7) is 2.07. The van der Waals surface area contributed by atoms with Crippen LogP contribution >= 0.6 is 23.4 Å². The van der Waals surface area contributed by atoms with E-state index in [1.807, 2.05) is 6.92 Å². The predicted molar refractivity (Wildman–Crippen MR) is 137 cm³/mol. The number of amides is 1. The van der Waals surface area contributed by atoms with Gasteiger partial charge in [-0.05, 0) is 42.8 Å². The lowest BCUT2D eigenvalue weighted by Crippen LogP contribution is -2.28. The van der Waals surface area contributed by atoms with E-state index in [9.17, 15) is 9.59 Å². The van der Waals surface area contributed by atoms with Crippen LogP contribution in [-0.4, -0.2) is 34.9 Å². The van der Waals surface area contributed by atoms with Crippen LogP contribution in [0.25, 0.3) is 10.9 Å². The third-order valence-corrected chi connectivity index (χ3v) is 6.91. The summed E-state index contributed by atoms with van der Waals surface area (Å²) in [5, 5.41) is 3.66. The summed E-state index contributed by atoms with van der Waals surface area (Å²) in [5.41, 5.74) is 0.758. The SMILES string of the molecule is CC[C@H](Sc1nc2cc(OC)c(OC)cc2c(=O)n1Cc1ccco1)C(=O)Nc1cccc(Cl)c1. The van der Waals surface area contributed by atoms with Crippen LogP contribution in [-0.2, 0) is 11.3 Å². The molecule has 2 aromatic heterocycles. The fourth-order valence-corrected chi connectivity index (χ4v) is 4.76. The predicted octanol–water partition coefficient (Wildman–Crippen LogP) is 5.22. The second kappa shape index (κ2) is 10.9. The maximum Gasteiger partial charge on any atom is 0.262 e. The maximum atomic E-state index is 13.6. The molecule has 35 heavy (non-hydrogen) atoms. The zero-order valence-electron chi connectivity index (χ0n) is 19.4. The first-order chi connectivity index (χ1) is 16.9. The molecule has 0 aliphatic heterocycles. The molecule has 1 N–H and O–H groups in total. The highest BCUT2D eigenvalue weighted by atomic mass is 35.5. The monoisotopic (exact) mass is 513 g/mol. The van der Waals surface area contributed by atoms with Crippen molar-refractivity contribution in [3.05, 3.63) is 75.9 Å². The average molecular weight is 514 g/mol. The van der Waals surface area contributed by atoms with Crippen LogP contribution in [0.2, 0.25) is 5.02 Å². The molecule has 4 rings (SSSR count). The Morgan fingerprint density at radius 3 is 2.60 bits per heavy atom. The van der Waals surface area contributed by atoms with Crippen LogP contribution in [0.15, 0.2) is 69.2 Å². The summed E-state index contributed by atoms with van der Waals surface area (Å²) < 4.78 is 17.7. The largest absolute Gasteiger partial charge is 0.493 e. The number of aromatic nitrogens is 2. The molecular weight excluding hydrogens is 490 g/mol. The lowest BCUT2D eigenvalue weighted by Gasteiger charge is -2.18. The summed E-state index contributed by atoms with van der Waals surface area (Å²) in [6, 6.07) is 13.7. The van der Waals surface area contributed by atoms with Crippen molar-refractivity contribution >= 4 is 45.9 Å². The minimum atomic E-state index is -0.513. The number of nitrogens with zero attached hydrogens (tertiary/aromatic N) is 2. The van der Waals surface area contributed by atoms with Crippen LogP contribution < -0.4 is 20.3 Å². The Kier molecular flexibility index (Phi) is 7.67. The Labute approximate surface area is 211 Å². The lowest BCUT2D eigenvalue weighted by molar-refractivity contribution is -0.115. The molecule has 2 heterocycles. The Morgan fingerprint density at radius 2 is 1.94 bits per heavy atom. The van der Waals surface area contributed by atoms with Crippen LogP contribution in [0, 0.1) is 0 Å². The van der Waals surface area contributed by atoms with Gasteiger partial charge < -0.3 is 19.2 Å². The van der Waals surface area contributed by atoms with Crippen LogP contribution in [0.3, 0.4) is 0 Å². The lowest BCUT2D eigenvalue weighted by atomic mass is 10.2. The zero-order chi connectivity index (χ0) is 24.9. The molecule has 10 heteroatoms. The number of nitrogens with one attached hydrogen (secondary N) is 1. The standard InChI is InChI=1S/C25H24ClN3O5S/c1-4-22(23(30)27-16-8-5-7-15(26)11-16)35-25-28-19-13-21(33-3)20(32-2)12-18(19)24(31)29(25)14-17-9-6-10-34-17/h5-13,22H,4,14H2,1-3H3,(H,27,30)/t22-/m0/s1. The second-order valence-corrected chi connectivity index (χ2v) is 9.21. The molecule has 0 unspecified atom stereocenters. The number of carbonyl (C=O) groups is 1. The number of thioether (sulfide) groups is 1. The number of hydrogen-bond acceptors (Lipinski definition) is 7. The van der Waals surface area contributed by atoms with E-state index in [1.54, 1.807) is 54.8 Å². The third kappa shape index (κ3) is 5.47. The van der Waals surface area contributed by atoms with Crippen molar-refractivity contribution in [3.63, 3.8) is 0 Å². The Morgan fingerprint density at radius 1 is 1.17 bits per heavy atom. The third-order valence-electron chi connectivity index (χ3n) is 5.32. The van der Waals surface area contributed by atoms with Gasteiger partial charge in [0, 0.05) is 16.8 Å². The Bertz CT molecular complexity index is 1400. The van der Waals surface area contributed by atoms with E-state index in [2.05, 4.69) is 5.32 Å². The van der Waals surface area contributed by atoms with Crippen molar-refractivity contribution in [1.82, 2.24) is 9.55 Å². The number of ether oxygens (including phenoxy) is 2. The van der Waals surface area contributed by atoms with Gasteiger partial charge in [-0.1, -0.05) is 36.4 Å². The quantitative estimate of drug-likeness (QED) is 0.242. The molecule has 0 aliphatic rings. The molecule has 4 aromatic rings. The second-order valence-electron chi connectivity index (χ2n) is 7.60. The van der Waals surface area contributed by atoms with E-state index < -0.39 is 5.25 Å². The average Bonchev–Trinajstić information content (AvgIpc) is 3.37. The summed E-state index contributed by atoms with van der Waals surface area (Å²) in [7, 11) is 3.03. The summed E-state index contributed by atoms with van der Waals surface area (Å²) in [6.07, 6.45) is 2.06. The van der Waals surface area contributed by atoms with Gasteiger partial charge in [-0.25, -0.2) is 4.98 Å². The fraction of sp³-hybridized carbons (Fsp3) is 0.240. The number of hydrogen-bond donors (Lipinski definition) is 1. The molecule has 0 bridgehead atoms. The van der Waals surface area contributed by atoms with E-state index in [0.29, 0.717) is 50.4 Å². The van der Waals surface area contributed by atoms with Crippen molar-refractivity contribution in [2.45, 2.75) is 30.3 Å². The van der Waals surface area contributed by atoms with Gasteiger partial charge in [0.1, 0.15) is 5.76 Å². The fourth-order valence-electron chi connectivity index (χ4n) is 3.55. The van der Waals surface area contributed by atoms with Crippen molar-refractivity contribution in [1.29, 1.82) is 0 Å². The minimum absolute atomic E-state index is 0.164. The Balaban J connectivity index is 1.75. The number of fused-ring (bicyclic) bond motifs is 1. The van der Waals surface area contributed by atoms with E-state index in [0.717, 1.165) is 0 Å². The van der Waals surface area contributed by atoms with Crippen molar-refractivity contribution in [2.24, 2.45) is 0 Å². The first-order valence-electron chi connectivity index (χ1n) is 10.9. The molecule has 1 amide bonds. The van der Waals surface area contributed by atoms with E-state index >= 15 is 0 Å². The molecule has 0 saturated heterocycles. The molecule has 0 saturated carbocycles. The minimum Gasteiger partial charge on any atom is -0.493 e. The highest BCUT2D eigenvalue weighted by molar-refractivity contribution is 8.00. The number of halogens is 1. The molecule has 8 nitrogen and oxygen atoms in total. The number of methoxy groups -OCH3 is 2. The molecule has 2 aromatic carbocycles. The van der Waals surface area contributed by atoms with Gasteiger partial charge in [0.15, 0.2) is 16.7 Å². The van der Waals surface area contributed by atoms with Gasteiger partial charge in [-0.2, -0.15) is 0 Å². The summed E-state index contributed by atoms with van der Waals surface area (Å²) in [4.78, 5) is 31.4. The van der Waals surface area contributed by atoms with Gasteiger partial charge in [-0.3, -0.25) is 14.2 Å². The van der Waals surface area contributed by atoms with Gasteiger partial charge in [0.2, 0.25) is 5.91 Å². The molecular formula is C25H24ClN3O5S. The van der Waals surface area contributed by atoms with Crippen molar-refractivity contribution < 1.29 is 18.7 Å². The molecule has 1 atom stereocenters. The van der Waals surface area contributed by atoms with Gasteiger partial charge in [-0.15, -0.1) is 0 Å². The van der Waals surface area contributed by atoms with Crippen LogP contribution in [0.1, 0.15) is 19.1 Å². The first-order valence-corrected chi connectivity index (χ1v) is 12.1. The molecule has 0 spiro atoms. The number of benzene rings is 2. The number of carbonyl (C=O) groups excluding carboxylic acids is 1. The van der Waals surface area contributed by atoms with Crippen LogP contribution in [0.4, 0.5) is 5.69 Å².